The largest absolute Gasteiger partial charge is 0.393 e. The fourth-order valence-electron chi connectivity index (χ4n) is 3.65. The summed E-state index contributed by atoms with van der Waals surface area (Å²) in [5.74, 6) is 0. The van der Waals surface area contributed by atoms with Gasteiger partial charge in [0.25, 0.3) is 0 Å². The molecule has 7 nitrogen and oxygen atoms in total. The number of piperazine rings is 1. The summed E-state index contributed by atoms with van der Waals surface area (Å²) in [5.41, 5.74) is 0. The zero-order valence-electron chi connectivity index (χ0n) is 20.7. The summed E-state index contributed by atoms with van der Waals surface area (Å²) in [6.45, 7) is 9.58. The van der Waals surface area contributed by atoms with Crippen LogP contribution in [0.4, 0.5) is 0 Å². The minimum atomic E-state index is 1.15. The highest BCUT2D eigenvalue weighted by atomic mass is 15.2. The van der Waals surface area contributed by atoms with Crippen LogP contribution in [0.5, 0.6) is 0 Å². The first-order valence-corrected chi connectivity index (χ1v) is 12.1. The molecule has 0 aliphatic carbocycles. The molecule has 0 unspecified atom stereocenters. The first-order valence-electron chi connectivity index (χ1n) is 12.1. The maximum absolute atomic E-state index is 2.99. The number of rotatable bonds is 6. The van der Waals surface area contributed by atoms with Gasteiger partial charge in [0.1, 0.15) is 0 Å². The van der Waals surface area contributed by atoms with Crippen LogP contribution in [0.3, 0.4) is 0 Å². The summed E-state index contributed by atoms with van der Waals surface area (Å²) >= 11 is 0. The molecule has 3 fully saturated rings. The van der Waals surface area contributed by atoms with E-state index in [1.165, 1.54) is 77.8 Å². The molecule has 7 heteroatoms. The van der Waals surface area contributed by atoms with Crippen LogP contribution in [0.15, 0.2) is 37.2 Å². The van der Waals surface area contributed by atoms with Crippen molar-refractivity contribution >= 4 is 0 Å². The monoisotopic (exact) mass is 435 g/mol. The molecular weight excluding hydrogens is 386 g/mol. The summed E-state index contributed by atoms with van der Waals surface area (Å²) in [5, 5.41) is 8.98. The first-order chi connectivity index (χ1) is 15.2. The van der Waals surface area contributed by atoms with Gasteiger partial charge in [-0.15, -0.1) is 0 Å². The molecule has 3 aliphatic rings. The minimum absolute atomic E-state index is 1.15. The normalized spacial score (nSPS) is 20.3. The van der Waals surface area contributed by atoms with Gasteiger partial charge in [0.15, 0.2) is 0 Å². The van der Waals surface area contributed by atoms with Gasteiger partial charge in [0, 0.05) is 111 Å². The lowest BCUT2D eigenvalue weighted by Gasteiger charge is -2.31. The lowest BCUT2D eigenvalue weighted by molar-refractivity contribution is 0.198. The van der Waals surface area contributed by atoms with E-state index in [2.05, 4.69) is 61.2 Å². The summed E-state index contributed by atoms with van der Waals surface area (Å²) < 4.78 is 0. The number of hydrogen-bond acceptors (Lipinski definition) is 7. The first kappa shape index (κ1) is 27.0. The van der Waals surface area contributed by atoms with E-state index in [1.54, 1.807) is 0 Å². The minimum Gasteiger partial charge on any atom is -0.393 e. The summed E-state index contributed by atoms with van der Waals surface area (Å²) in [6, 6.07) is 0. The summed E-state index contributed by atoms with van der Waals surface area (Å²) in [4.78, 5) is 9.40. The molecule has 31 heavy (non-hydrogen) atoms. The van der Waals surface area contributed by atoms with Crippen molar-refractivity contribution in [3.8, 4) is 0 Å². The molecule has 0 radical (unpaired) electrons. The third-order valence-electron chi connectivity index (χ3n) is 5.68. The zero-order chi connectivity index (χ0) is 22.6. The Morgan fingerprint density at radius 1 is 0.452 bits per heavy atom. The predicted octanol–water partition coefficient (Wildman–Crippen LogP) is 2.25. The fourth-order valence-corrected chi connectivity index (χ4v) is 3.65. The van der Waals surface area contributed by atoms with E-state index in [9.17, 15) is 0 Å². The molecule has 3 N–H and O–H groups in total. The van der Waals surface area contributed by atoms with Crippen molar-refractivity contribution < 1.29 is 0 Å². The molecule has 0 amide bonds. The Morgan fingerprint density at radius 3 is 1.10 bits per heavy atom. The van der Waals surface area contributed by atoms with Gasteiger partial charge in [-0.2, -0.15) is 0 Å². The van der Waals surface area contributed by atoms with Gasteiger partial charge < -0.3 is 35.6 Å². The number of nitrogens with zero attached hydrogens (tertiary/aromatic N) is 4. The quantitative estimate of drug-likeness (QED) is 0.592. The van der Waals surface area contributed by atoms with E-state index in [1.807, 2.05) is 39.7 Å². The standard InChI is InChI=1S/C8H17N3.2C8H16N2/c1-9-3-4-11-7-5-10(2)6-8-11;2*1-9-5-8-10-6-3-2-4-7-10/h3-4,9H,5-8H2,1-2H3;2*5,8-9H,2-4,6-7H2,1H3. The van der Waals surface area contributed by atoms with Crippen LogP contribution in [0.2, 0.25) is 0 Å². The van der Waals surface area contributed by atoms with Gasteiger partial charge in [-0.25, -0.2) is 0 Å². The van der Waals surface area contributed by atoms with Crippen molar-refractivity contribution in [3.05, 3.63) is 37.2 Å². The second-order valence-electron chi connectivity index (χ2n) is 8.35. The highest BCUT2D eigenvalue weighted by molar-refractivity contribution is 4.83. The number of hydrogen-bond donors (Lipinski definition) is 3. The average molecular weight is 436 g/mol. The van der Waals surface area contributed by atoms with Crippen molar-refractivity contribution in [1.29, 1.82) is 0 Å². The molecule has 0 bridgehead atoms. The molecule has 180 valence electrons. The molecule has 3 rings (SSSR count). The molecule has 0 saturated carbocycles. The van der Waals surface area contributed by atoms with E-state index in [0.29, 0.717) is 0 Å². The van der Waals surface area contributed by atoms with Crippen LogP contribution in [-0.4, -0.2) is 100 Å². The van der Waals surface area contributed by atoms with Crippen LogP contribution < -0.4 is 16.0 Å². The summed E-state index contributed by atoms with van der Waals surface area (Å²) in [7, 11) is 7.95. The second kappa shape index (κ2) is 18.7. The maximum atomic E-state index is 2.99. The predicted molar refractivity (Wildman–Crippen MR) is 135 cm³/mol. The zero-order valence-corrected chi connectivity index (χ0v) is 20.7. The molecule has 0 aromatic carbocycles. The smallest absolute Gasteiger partial charge is 0.0301 e. The van der Waals surface area contributed by atoms with Gasteiger partial charge >= 0.3 is 0 Å². The van der Waals surface area contributed by atoms with Crippen molar-refractivity contribution in [2.24, 2.45) is 0 Å². The molecule has 0 spiro atoms. The van der Waals surface area contributed by atoms with Crippen LogP contribution in [0, 0.1) is 0 Å². The number of likely N-dealkylation sites (N-methyl/N-ethyl adjacent to an activating group) is 1. The molecule has 0 aromatic rings. The lowest BCUT2D eigenvalue weighted by Crippen LogP contribution is -2.41. The topological polar surface area (TPSA) is 49.1 Å². The van der Waals surface area contributed by atoms with Gasteiger partial charge in [0.2, 0.25) is 0 Å². The van der Waals surface area contributed by atoms with Gasteiger partial charge in [-0.3, -0.25) is 0 Å². The van der Waals surface area contributed by atoms with Crippen LogP contribution in [-0.2, 0) is 0 Å². The van der Waals surface area contributed by atoms with Crippen LogP contribution >= 0.6 is 0 Å². The SMILES string of the molecule is CNC=CN1CCCCC1.CNC=CN1CCCCC1.CNC=CN1CCN(C)CC1. The Morgan fingerprint density at radius 2 is 0.774 bits per heavy atom. The summed E-state index contributed by atoms with van der Waals surface area (Å²) in [6.07, 6.45) is 20.6. The second-order valence-corrected chi connectivity index (χ2v) is 8.35. The van der Waals surface area contributed by atoms with Crippen molar-refractivity contribution in [3.63, 3.8) is 0 Å². The molecule has 3 heterocycles. The van der Waals surface area contributed by atoms with E-state index in [4.69, 9.17) is 0 Å². The van der Waals surface area contributed by atoms with Crippen LogP contribution in [0.25, 0.3) is 0 Å². The van der Waals surface area contributed by atoms with Crippen LogP contribution in [0.1, 0.15) is 38.5 Å². The van der Waals surface area contributed by atoms with E-state index < -0.39 is 0 Å². The lowest BCUT2D eigenvalue weighted by atomic mass is 10.1. The van der Waals surface area contributed by atoms with Gasteiger partial charge in [-0.1, -0.05) is 0 Å². The Balaban J connectivity index is 0.000000233. The van der Waals surface area contributed by atoms with Gasteiger partial charge in [-0.05, 0) is 45.6 Å². The Bertz CT molecular complexity index is 444. The maximum Gasteiger partial charge on any atom is 0.0301 e. The van der Waals surface area contributed by atoms with Gasteiger partial charge in [0.05, 0.1) is 0 Å². The van der Waals surface area contributed by atoms with Crippen molar-refractivity contribution in [2.75, 3.05) is 80.5 Å². The van der Waals surface area contributed by atoms with E-state index in [-0.39, 0.29) is 0 Å². The van der Waals surface area contributed by atoms with E-state index in [0.717, 1.165) is 13.1 Å². The highest BCUT2D eigenvalue weighted by Crippen LogP contribution is 2.08. The third-order valence-corrected chi connectivity index (χ3v) is 5.68. The Kier molecular flexibility index (Phi) is 16.3. The molecule has 3 saturated heterocycles. The Hall–Kier alpha value is -2.02. The molecule has 0 atom stereocenters. The molecule has 0 aromatic heterocycles. The van der Waals surface area contributed by atoms with Crippen molar-refractivity contribution in [2.45, 2.75) is 38.5 Å². The average Bonchev–Trinajstić information content (AvgIpc) is 2.83. The van der Waals surface area contributed by atoms with E-state index >= 15 is 0 Å². The van der Waals surface area contributed by atoms with Crippen molar-refractivity contribution in [1.82, 2.24) is 35.6 Å². The fraction of sp³-hybridized carbons (Fsp3) is 0.750. The number of piperidine rings is 2. The molecular formula is C24H49N7. The highest BCUT2D eigenvalue weighted by Gasteiger charge is 2.09. The Labute approximate surface area is 192 Å². The number of likely N-dealkylation sites (tertiary alicyclic amines) is 2. The third kappa shape index (κ3) is 14.6. The molecule has 3 aliphatic heterocycles. The number of nitrogens with one attached hydrogen (secondary N) is 3.